The Balaban J connectivity index is 1.96. The fraction of sp³-hybridized carbons (Fsp3) is 0.429. The molecule has 0 bridgehead atoms. The van der Waals surface area contributed by atoms with Gasteiger partial charge in [-0.15, -0.1) is 0 Å². The van der Waals surface area contributed by atoms with Crippen LogP contribution in [0.15, 0.2) is 24.3 Å². The zero-order valence-corrected chi connectivity index (χ0v) is 12.9. The van der Waals surface area contributed by atoms with Gasteiger partial charge in [-0.2, -0.15) is 9.40 Å². The van der Waals surface area contributed by atoms with Gasteiger partial charge in [0.25, 0.3) is 0 Å². The Kier molecular flexibility index (Phi) is 3.54. The number of aryl methyl sites for hydroxylation is 1. The molecule has 1 N–H and O–H groups in total. The number of aromatic amines is 1. The number of nitrogens with one attached hydrogen (secondary N) is 1. The second kappa shape index (κ2) is 5.23. The maximum Gasteiger partial charge on any atom is 0.211 e. The second-order valence-electron chi connectivity index (χ2n) is 5.42. The molecule has 2 aromatic rings. The Hall–Kier alpha value is -1.73. The van der Waals surface area contributed by atoms with Gasteiger partial charge in [-0.1, -0.05) is 6.07 Å². The van der Waals surface area contributed by atoms with E-state index in [1.165, 1.54) is 10.6 Å². The molecule has 7 heteroatoms. The number of aromatic nitrogens is 3. The van der Waals surface area contributed by atoms with E-state index in [1.807, 2.05) is 31.2 Å². The zero-order valence-electron chi connectivity index (χ0n) is 12.1. The van der Waals surface area contributed by atoms with Crippen LogP contribution in [-0.2, 0) is 10.0 Å². The minimum absolute atomic E-state index is 0.167. The molecular weight excluding hydrogens is 288 g/mol. The van der Waals surface area contributed by atoms with Gasteiger partial charge >= 0.3 is 0 Å². The Labute approximate surface area is 124 Å². The average molecular weight is 306 g/mol. The third-order valence-corrected chi connectivity index (χ3v) is 5.00. The van der Waals surface area contributed by atoms with E-state index >= 15 is 0 Å². The number of nitrogens with zero attached hydrogens (tertiary/aromatic N) is 3. The minimum atomic E-state index is -3.20. The molecule has 2 aromatic heterocycles. The first kappa shape index (κ1) is 14.2. The molecule has 6 nitrogen and oxygen atoms in total. The van der Waals surface area contributed by atoms with Gasteiger partial charge < -0.3 is 0 Å². The van der Waals surface area contributed by atoms with Crippen molar-refractivity contribution in [1.82, 2.24) is 19.5 Å². The molecule has 3 heterocycles. The van der Waals surface area contributed by atoms with Gasteiger partial charge in [0.05, 0.1) is 23.7 Å². The van der Waals surface area contributed by atoms with Gasteiger partial charge in [-0.05, 0) is 38.0 Å². The number of pyridine rings is 1. The van der Waals surface area contributed by atoms with E-state index in [1.54, 1.807) is 0 Å². The SMILES string of the molecule is Cc1cc(-c2cccc([C@@H]3CCCN3S(C)(=O)=O)n2)n[nH]1. The minimum Gasteiger partial charge on any atom is -0.282 e. The van der Waals surface area contributed by atoms with E-state index < -0.39 is 10.0 Å². The molecule has 112 valence electrons. The van der Waals surface area contributed by atoms with Gasteiger partial charge in [-0.25, -0.2) is 13.4 Å². The largest absolute Gasteiger partial charge is 0.282 e. The monoisotopic (exact) mass is 306 g/mol. The molecule has 1 saturated heterocycles. The summed E-state index contributed by atoms with van der Waals surface area (Å²) in [5.74, 6) is 0. The van der Waals surface area contributed by atoms with Crippen LogP contribution < -0.4 is 0 Å². The molecular formula is C14H18N4O2S. The predicted molar refractivity (Wildman–Crippen MR) is 80.1 cm³/mol. The second-order valence-corrected chi connectivity index (χ2v) is 7.35. The Morgan fingerprint density at radius 2 is 2.14 bits per heavy atom. The summed E-state index contributed by atoms with van der Waals surface area (Å²) in [6.45, 7) is 2.50. The Morgan fingerprint density at radius 3 is 2.81 bits per heavy atom. The smallest absolute Gasteiger partial charge is 0.211 e. The van der Waals surface area contributed by atoms with Crippen molar-refractivity contribution in [2.75, 3.05) is 12.8 Å². The lowest BCUT2D eigenvalue weighted by Crippen LogP contribution is -2.29. The molecule has 1 fully saturated rings. The van der Waals surface area contributed by atoms with Crippen molar-refractivity contribution in [3.05, 3.63) is 35.7 Å². The van der Waals surface area contributed by atoms with Gasteiger partial charge in [-0.3, -0.25) is 5.10 Å². The predicted octanol–water partition coefficient (Wildman–Crippen LogP) is 1.88. The number of sulfonamides is 1. The summed E-state index contributed by atoms with van der Waals surface area (Å²) in [5.41, 5.74) is 3.29. The highest BCUT2D eigenvalue weighted by molar-refractivity contribution is 7.88. The van der Waals surface area contributed by atoms with Crippen LogP contribution in [0.25, 0.3) is 11.4 Å². The number of hydrogen-bond donors (Lipinski definition) is 1. The van der Waals surface area contributed by atoms with Crippen molar-refractivity contribution >= 4 is 10.0 Å². The fourth-order valence-electron chi connectivity index (χ4n) is 2.76. The van der Waals surface area contributed by atoms with E-state index in [0.29, 0.717) is 6.54 Å². The Morgan fingerprint density at radius 1 is 1.33 bits per heavy atom. The van der Waals surface area contributed by atoms with Crippen LogP contribution in [0.4, 0.5) is 0 Å². The molecule has 1 atom stereocenters. The first-order chi connectivity index (χ1) is 9.95. The molecule has 0 spiro atoms. The van der Waals surface area contributed by atoms with Crippen LogP contribution in [0.2, 0.25) is 0 Å². The highest BCUT2D eigenvalue weighted by Gasteiger charge is 2.33. The number of rotatable bonds is 3. The van der Waals surface area contributed by atoms with E-state index in [9.17, 15) is 8.42 Å². The third kappa shape index (κ3) is 2.84. The lowest BCUT2D eigenvalue weighted by molar-refractivity contribution is 0.394. The molecule has 1 aliphatic rings. The molecule has 0 radical (unpaired) electrons. The summed E-state index contributed by atoms with van der Waals surface area (Å²) < 4.78 is 25.2. The van der Waals surface area contributed by atoms with Crippen molar-refractivity contribution in [2.45, 2.75) is 25.8 Å². The first-order valence-electron chi connectivity index (χ1n) is 6.91. The van der Waals surface area contributed by atoms with Gasteiger partial charge in [0.2, 0.25) is 10.0 Å². The summed E-state index contributed by atoms with van der Waals surface area (Å²) in [6, 6.07) is 7.44. The van der Waals surface area contributed by atoms with E-state index in [2.05, 4.69) is 15.2 Å². The normalized spacial score (nSPS) is 20.0. The van der Waals surface area contributed by atoms with Gasteiger partial charge in [0.15, 0.2) is 0 Å². The van der Waals surface area contributed by atoms with Crippen molar-refractivity contribution in [3.8, 4) is 11.4 Å². The molecule has 21 heavy (non-hydrogen) atoms. The maximum atomic E-state index is 11.9. The molecule has 0 aliphatic carbocycles. The van der Waals surface area contributed by atoms with Crippen LogP contribution in [0.3, 0.4) is 0 Å². The summed E-state index contributed by atoms with van der Waals surface area (Å²) in [7, 11) is -3.20. The molecule has 0 unspecified atom stereocenters. The van der Waals surface area contributed by atoms with E-state index in [-0.39, 0.29) is 6.04 Å². The highest BCUT2D eigenvalue weighted by Crippen LogP contribution is 2.33. The van der Waals surface area contributed by atoms with Crippen LogP contribution in [0.5, 0.6) is 0 Å². The maximum absolute atomic E-state index is 11.9. The molecule has 0 amide bonds. The van der Waals surface area contributed by atoms with Crippen molar-refractivity contribution in [3.63, 3.8) is 0 Å². The summed E-state index contributed by atoms with van der Waals surface area (Å²) in [4.78, 5) is 4.61. The van der Waals surface area contributed by atoms with Crippen LogP contribution in [0, 0.1) is 6.92 Å². The van der Waals surface area contributed by atoms with Crippen LogP contribution in [0.1, 0.15) is 30.3 Å². The van der Waals surface area contributed by atoms with Crippen molar-refractivity contribution < 1.29 is 8.42 Å². The standard InChI is InChI=1S/C14H18N4O2S/c1-10-9-13(17-16-10)11-5-3-6-12(15-11)14-7-4-8-18(14)21(2,19)20/h3,5-6,9,14H,4,7-8H2,1-2H3,(H,16,17)/t14-/m0/s1. The zero-order chi connectivity index (χ0) is 15.0. The van der Waals surface area contributed by atoms with Crippen LogP contribution in [-0.4, -0.2) is 40.7 Å². The average Bonchev–Trinajstić information content (AvgIpc) is 3.06. The van der Waals surface area contributed by atoms with Crippen molar-refractivity contribution in [1.29, 1.82) is 0 Å². The molecule has 0 saturated carbocycles. The summed E-state index contributed by atoms with van der Waals surface area (Å²) >= 11 is 0. The quantitative estimate of drug-likeness (QED) is 0.939. The number of hydrogen-bond acceptors (Lipinski definition) is 4. The third-order valence-electron chi connectivity index (χ3n) is 3.71. The van der Waals surface area contributed by atoms with Gasteiger partial charge in [0, 0.05) is 12.2 Å². The first-order valence-corrected chi connectivity index (χ1v) is 8.76. The molecule has 0 aromatic carbocycles. The fourth-order valence-corrected chi connectivity index (χ4v) is 3.90. The number of H-pyrrole nitrogens is 1. The molecule has 3 rings (SSSR count). The Bertz CT molecular complexity index is 754. The van der Waals surface area contributed by atoms with E-state index in [4.69, 9.17) is 0 Å². The summed E-state index contributed by atoms with van der Waals surface area (Å²) in [6.07, 6.45) is 2.93. The highest BCUT2D eigenvalue weighted by atomic mass is 32.2. The van der Waals surface area contributed by atoms with Gasteiger partial charge in [0.1, 0.15) is 5.69 Å². The van der Waals surface area contributed by atoms with Crippen LogP contribution >= 0.6 is 0 Å². The van der Waals surface area contributed by atoms with Crippen molar-refractivity contribution in [2.24, 2.45) is 0 Å². The lowest BCUT2D eigenvalue weighted by Gasteiger charge is -2.21. The summed E-state index contributed by atoms with van der Waals surface area (Å²) in [5, 5.41) is 7.10. The topological polar surface area (TPSA) is 79.0 Å². The lowest BCUT2D eigenvalue weighted by atomic mass is 10.1. The molecule has 1 aliphatic heterocycles. The van der Waals surface area contributed by atoms with E-state index in [0.717, 1.165) is 35.6 Å².